The Morgan fingerprint density at radius 2 is 1.88 bits per heavy atom. The molecule has 1 aliphatic heterocycles. The molecule has 3 aromatic rings. The van der Waals surface area contributed by atoms with Crippen molar-refractivity contribution in [2.24, 2.45) is 0 Å². The van der Waals surface area contributed by atoms with E-state index < -0.39 is 0 Å². The van der Waals surface area contributed by atoms with Crippen molar-refractivity contribution in [3.05, 3.63) is 72.2 Å². The highest BCUT2D eigenvalue weighted by Crippen LogP contribution is 2.40. The van der Waals surface area contributed by atoms with E-state index >= 15 is 0 Å². The number of fused-ring (bicyclic) bond motifs is 1. The maximum absolute atomic E-state index is 12.3. The first kappa shape index (κ1) is 14.5. The van der Waals surface area contributed by atoms with Gasteiger partial charge in [-0.15, -0.1) is 0 Å². The number of carbonyl (C=O) groups is 1. The van der Waals surface area contributed by atoms with E-state index in [0.29, 0.717) is 6.42 Å². The van der Waals surface area contributed by atoms with Crippen molar-refractivity contribution in [2.75, 3.05) is 12.4 Å². The van der Waals surface area contributed by atoms with Crippen LogP contribution in [0.1, 0.15) is 23.6 Å². The zero-order valence-electron chi connectivity index (χ0n) is 13.3. The Balaban J connectivity index is 1.84. The zero-order valence-corrected chi connectivity index (χ0v) is 13.3. The molecule has 0 saturated heterocycles. The second-order valence-electron chi connectivity index (χ2n) is 5.73. The number of hydrogen-bond acceptors (Lipinski definition) is 3. The van der Waals surface area contributed by atoms with Gasteiger partial charge < -0.3 is 10.1 Å². The molecule has 1 aromatic heterocycles. The standard InChI is InChI=1S/C19H17N3O2/c1-24-16-10-6-5-9-14(16)15-11-17(23)21-19-18(15)20-12-22(19)13-7-3-2-4-8-13/h2-10,12,15H,11H2,1H3,(H,21,23)/t15-/m0/s1. The number of carbonyl (C=O) groups excluding carboxylic acids is 1. The summed E-state index contributed by atoms with van der Waals surface area (Å²) >= 11 is 0. The molecule has 5 nitrogen and oxygen atoms in total. The normalized spacial score (nSPS) is 16.4. The van der Waals surface area contributed by atoms with Crippen LogP contribution in [0.25, 0.3) is 5.69 Å². The molecule has 24 heavy (non-hydrogen) atoms. The second-order valence-corrected chi connectivity index (χ2v) is 5.73. The number of para-hydroxylation sites is 2. The third-order valence-corrected chi connectivity index (χ3v) is 4.32. The first-order chi connectivity index (χ1) is 11.8. The molecule has 0 aliphatic carbocycles. The van der Waals surface area contributed by atoms with E-state index in [1.165, 1.54) is 0 Å². The van der Waals surface area contributed by atoms with Gasteiger partial charge in [-0.1, -0.05) is 36.4 Å². The van der Waals surface area contributed by atoms with Crippen molar-refractivity contribution in [3.63, 3.8) is 0 Å². The van der Waals surface area contributed by atoms with Gasteiger partial charge in [-0.05, 0) is 18.2 Å². The van der Waals surface area contributed by atoms with Crippen LogP contribution >= 0.6 is 0 Å². The molecule has 2 aromatic carbocycles. The fourth-order valence-electron chi connectivity index (χ4n) is 3.20. The topological polar surface area (TPSA) is 56.1 Å². The van der Waals surface area contributed by atoms with Gasteiger partial charge in [0.05, 0.1) is 12.8 Å². The lowest BCUT2D eigenvalue weighted by atomic mass is 9.89. The molecule has 0 radical (unpaired) electrons. The van der Waals surface area contributed by atoms with Gasteiger partial charge in [-0.3, -0.25) is 9.36 Å². The highest BCUT2D eigenvalue weighted by atomic mass is 16.5. The van der Waals surface area contributed by atoms with Crippen molar-refractivity contribution in [1.29, 1.82) is 0 Å². The summed E-state index contributed by atoms with van der Waals surface area (Å²) < 4.78 is 7.39. The minimum absolute atomic E-state index is 0.0175. The first-order valence-corrected chi connectivity index (χ1v) is 7.83. The molecule has 120 valence electrons. The second kappa shape index (κ2) is 5.85. The minimum atomic E-state index is -0.116. The molecule has 0 bridgehead atoms. The van der Waals surface area contributed by atoms with Crippen LogP contribution in [0.15, 0.2) is 60.9 Å². The molecule has 1 atom stereocenters. The van der Waals surface area contributed by atoms with Crippen LogP contribution in [0, 0.1) is 0 Å². The quantitative estimate of drug-likeness (QED) is 0.805. The molecule has 0 unspecified atom stereocenters. The zero-order chi connectivity index (χ0) is 16.5. The van der Waals surface area contributed by atoms with E-state index in [0.717, 1.165) is 28.5 Å². The molecule has 0 spiro atoms. The third kappa shape index (κ3) is 2.34. The van der Waals surface area contributed by atoms with E-state index in [-0.39, 0.29) is 11.8 Å². The molecule has 4 rings (SSSR count). The predicted molar refractivity (Wildman–Crippen MR) is 91.6 cm³/mol. The van der Waals surface area contributed by atoms with Crippen LogP contribution in [0.4, 0.5) is 5.82 Å². The molecule has 1 aliphatic rings. The Morgan fingerprint density at radius 1 is 1.12 bits per heavy atom. The summed E-state index contributed by atoms with van der Waals surface area (Å²) in [6.45, 7) is 0. The number of nitrogens with zero attached hydrogens (tertiary/aromatic N) is 2. The molecule has 1 amide bonds. The number of anilines is 1. The fraction of sp³-hybridized carbons (Fsp3) is 0.158. The van der Waals surface area contributed by atoms with E-state index in [1.807, 2.05) is 59.2 Å². The number of hydrogen-bond donors (Lipinski definition) is 1. The van der Waals surface area contributed by atoms with Crippen LogP contribution in [-0.4, -0.2) is 22.6 Å². The maximum Gasteiger partial charge on any atom is 0.226 e. The molecule has 0 saturated carbocycles. The molecule has 0 fully saturated rings. The first-order valence-electron chi connectivity index (χ1n) is 7.83. The summed E-state index contributed by atoms with van der Waals surface area (Å²) in [6, 6.07) is 17.6. The lowest BCUT2D eigenvalue weighted by Gasteiger charge is -2.24. The van der Waals surface area contributed by atoms with Gasteiger partial charge in [0.2, 0.25) is 5.91 Å². The van der Waals surface area contributed by atoms with Gasteiger partial charge >= 0.3 is 0 Å². The Hall–Kier alpha value is -3.08. The fourth-order valence-corrected chi connectivity index (χ4v) is 3.20. The van der Waals surface area contributed by atoms with Crippen molar-refractivity contribution < 1.29 is 9.53 Å². The van der Waals surface area contributed by atoms with Crippen molar-refractivity contribution in [1.82, 2.24) is 9.55 Å². The number of nitrogens with one attached hydrogen (secondary N) is 1. The Kier molecular flexibility index (Phi) is 3.54. The third-order valence-electron chi connectivity index (χ3n) is 4.32. The van der Waals surface area contributed by atoms with E-state index in [2.05, 4.69) is 10.3 Å². The summed E-state index contributed by atoms with van der Waals surface area (Å²) in [5.41, 5.74) is 2.81. The summed E-state index contributed by atoms with van der Waals surface area (Å²) in [4.78, 5) is 16.9. The average molecular weight is 319 g/mol. The molecular formula is C19H17N3O2. The summed E-state index contributed by atoms with van der Waals surface area (Å²) in [6.07, 6.45) is 2.12. The van der Waals surface area contributed by atoms with E-state index in [4.69, 9.17) is 4.74 Å². The van der Waals surface area contributed by atoms with Crippen LogP contribution in [0.3, 0.4) is 0 Å². The summed E-state index contributed by atoms with van der Waals surface area (Å²) in [7, 11) is 1.64. The monoisotopic (exact) mass is 319 g/mol. The minimum Gasteiger partial charge on any atom is -0.496 e. The number of imidazole rings is 1. The number of amides is 1. The van der Waals surface area contributed by atoms with Crippen molar-refractivity contribution >= 4 is 11.7 Å². The number of aromatic nitrogens is 2. The van der Waals surface area contributed by atoms with Gasteiger partial charge in [0.25, 0.3) is 0 Å². The van der Waals surface area contributed by atoms with Crippen LogP contribution in [-0.2, 0) is 4.79 Å². The van der Waals surface area contributed by atoms with Gasteiger partial charge in [0.1, 0.15) is 17.9 Å². The van der Waals surface area contributed by atoms with Crippen LogP contribution in [0.5, 0.6) is 5.75 Å². The van der Waals surface area contributed by atoms with Crippen LogP contribution in [0.2, 0.25) is 0 Å². The summed E-state index contributed by atoms with van der Waals surface area (Å²) in [5.74, 6) is 1.37. The predicted octanol–water partition coefficient (Wildman–Crippen LogP) is 3.36. The Labute approximate surface area is 139 Å². The number of benzene rings is 2. The Morgan fingerprint density at radius 3 is 2.67 bits per heavy atom. The smallest absolute Gasteiger partial charge is 0.226 e. The number of methoxy groups -OCH3 is 1. The van der Waals surface area contributed by atoms with E-state index in [1.54, 1.807) is 13.4 Å². The lowest BCUT2D eigenvalue weighted by molar-refractivity contribution is -0.116. The Bertz CT molecular complexity index is 887. The van der Waals surface area contributed by atoms with Crippen molar-refractivity contribution in [3.8, 4) is 11.4 Å². The van der Waals surface area contributed by atoms with Gasteiger partial charge in [-0.25, -0.2) is 4.98 Å². The number of ether oxygens (including phenoxy) is 1. The largest absolute Gasteiger partial charge is 0.496 e. The van der Waals surface area contributed by atoms with E-state index in [9.17, 15) is 4.79 Å². The highest BCUT2D eigenvalue weighted by molar-refractivity contribution is 5.94. The maximum atomic E-state index is 12.3. The molecular weight excluding hydrogens is 302 g/mol. The number of rotatable bonds is 3. The van der Waals surface area contributed by atoms with Gasteiger partial charge in [-0.2, -0.15) is 0 Å². The molecule has 1 N–H and O–H groups in total. The van der Waals surface area contributed by atoms with Gasteiger partial charge in [0.15, 0.2) is 0 Å². The summed E-state index contributed by atoms with van der Waals surface area (Å²) in [5, 5.41) is 2.96. The highest BCUT2D eigenvalue weighted by Gasteiger charge is 2.32. The average Bonchev–Trinajstić information content (AvgIpc) is 3.05. The lowest BCUT2D eigenvalue weighted by Crippen LogP contribution is -2.25. The molecule has 2 heterocycles. The molecule has 5 heteroatoms. The van der Waals surface area contributed by atoms with Gasteiger partial charge in [0, 0.05) is 23.6 Å². The SMILES string of the molecule is COc1ccccc1[C@@H]1CC(=O)Nc2c1ncn2-c1ccccc1. The van der Waals surface area contributed by atoms with Crippen LogP contribution < -0.4 is 10.1 Å². The van der Waals surface area contributed by atoms with Crippen molar-refractivity contribution in [2.45, 2.75) is 12.3 Å².